The summed E-state index contributed by atoms with van der Waals surface area (Å²) in [6, 6.07) is 6.63. The molecule has 100 valence electrons. The summed E-state index contributed by atoms with van der Waals surface area (Å²) in [7, 11) is 3.85. The molecule has 2 nitrogen and oxygen atoms in total. The van der Waals surface area contributed by atoms with Crippen LogP contribution in [-0.4, -0.2) is 19.8 Å². The molecule has 0 spiro atoms. The number of halogens is 2. The molecule has 0 amide bonds. The third-order valence-electron chi connectivity index (χ3n) is 3.96. The number of benzene rings is 1. The molecule has 2 rings (SSSR count). The molecule has 1 aliphatic carbocycles. The zero-order valence-corrected chi connectivity index (χ0v) is 14.0. The summed E-state index contributed by atoms with van der Waals surface area (Å²) < 4.78 is 7.99. The number of hydrogen-bond donors (Lipinski definition) is 1. The second-order valence-corrected chi connectivity index (χ2v) is 6.72. The Labute approximate surface area is 126 Å². The molecule has 0 saturated heterocycles. The zero-order chi connectivity index (χ0) is 13.2. The number of nitrogens with one attached hydrogen (secondary N) is 1. The maximum atomic E-state index is 5.73. The van der Waals surface area contributed by atoms with Crippen LogP contribution in [0.4, 0.5) is 0 Å². The molecule has 1 N–H and O–H groups in total. The molecular weight excluding hydrogens is 358 g/mol. The first-order valence-corrected chi connectivity index (χ1v) is 7.86. The van der Waals surface area contributed by atoms with E-state index in [1.807, 2.05) is 14.2 Å². The van der Waals surface area contributed by atoms with Gasteiger partial charge in [0, 0.05) is 22.1 Å². The van der Waals surface area contributed by atoms with E-state index in [-0.39, 0.29) is 5.60 Å². The van der Waals surface area contributed by atoms with Gasteiger partial charge in [0.2, 0.25) is 0 Å². The Morgan fingerprint density at radius 3 is 2.61 bits per heavy atom. The van der Waals surface area contributed by atoms with E-state index in [1.54, 1.807) is 0 Å². The van der Waals surface area contributed by atoms with Gasteiger partial charge in [-0.05, 0) is 56.5 Å². The van der Waals surface area contributed by atoms with Crippen LogP contribution in [0.2, 0.25) is 0 Å². The van der Waals surface area contributed by atoms with Gasteiger partial charge < -0.3 is 10.1 Å². The van der Waals surface area contributed by atoms with E-state index in [2.05, 4.69) is 55.4 Å². The Morgan fingerprint density at radius 1 is 1.39 bits per heavy atom. The van der Waals surface area contributed by atoms with Crippen molar-refractivity contribution < 1.29 is 4.74 Å². The lowest BCUT2D eigenvalue weighted by Gasteiger charge is -2.43. The Morgan fingerprint density at radius 2 is 2.11 bits per heavy atom. The molecule has 18 heavy (non-hydrogen) atoms. The van der Waals surface area contributed by atoms with E-state index in [9.17, 15) is 0 Å². The maximum absolute atomic E-state index is 5.73. The molecule has 1 fully saturated rings. The summed E-state index contributed by atoms with van der Waals surface area (Å²) in [6.45, 7) is 0. The average Bonchev–Trinajstić information content (AvgIpc) is 2.32. The molecule has 0 aliphatic heterocycles. The fourth-order valence-electron chi connectivity index (χ4n) is 2.58. The van der Waals surface area contributed by atoms with Crippen LogP contribution in [0.25, 0.3) is 0 Å². The minimum atomic E-state index is 0.0788. The highest BCUT2D eigenvalue weighted by atomic mass is 79.9. The highest BCUT2D eigenvalue weighted by molar-refractivity contribution is 9.11. The largest absolute Gasteiger partial charge is 0.378 e. The van der Waals surface area contributed by atoms with Gasteiger partial charge in [-0.1, -0.05) is 31.9 Å². The Kier molecular flexibility index (Phi) is 4.86. The van der Waals surface area contributed by atoms with Crippen molar-refractivity contribution in [2.24, 2.45) is 0 Å². The van der Waals surface area contributed by atoms with Crippen LogP contribution >= 0.6 is 31.9 Å². The molecule has 1 aromatic rings. The number of hydrogen-bond acceptors (Lipinski definition) is 2. The molecule has 1 atom stereocenters. The molecule has 0 radical (unpaired) electrons. The lowest BCUT2D eigenvalue weighted by Crippen LogP contribution is -2.42. The molecule has 4 heteroatoms. The van der Waals surface area contributed by atoms with Gasteiger partial charge in [0.1, 0.15) is 0 Å². The molecule has 0 aromatic heterocycles. The zero-order valence-electron chi connectivity index (χ0n) is 10.8. The van der Waals surface area contributed by atoms with Gasteiger partial charge in [-0.2, -0.15) is 0 Å². The molecule has 1 saturated carbocycles. The summed E-state index contributed by atoms with van der Waals surface area (Å²) in [5.74, 6) is 0. The topological polar surface area (TPSA) is 21.3 Å². The van der Waals surface area contributed by atoms with E-state index < -0.39 is 0 Å². The van der Waals surface area contributed by atoms with Crippen LogP contribution in [0.15, 0.2) is 27.1 Å². The summed E-state index contributed by atoms with van der Waals surface area (Å²) in [6.07, 6.45) is 4.65. The fourth-order valence-corrected chi connectivity index (χ4v) is 3.49. The second-order valence-electron chi connectivity index (χ2n) is 4.95. The molecule has 0 bridgehead atoms. The van der Waals surface area contributed by atoms with Crippen LogP contribution in [0, 0.1) is 0 Å². The van der Waals surface area contributed by atoms with Crippen molar-refractivity contribution in [1.82, 2.24) is 5.32 Å². The van der Waals surface area contributed by atoms with Gasteiger partial charge in [0.05, 0.1) is 5.60 Å². The third-order valence-corrected chi connectivity index (χ3v) is 5.17. The molecule has 0 heterocycles. The third kappa shape index (κ3) is 2.98. The number of rotatable bonds is 5. The highest BCUT2D eigenvalue weighted by Crippen LogP contribution is 2.43. The molecule has 1 unspecified atom stereocenters. The molecule has 1 aromatic carbocycles. The summed E-state index contributed by atoms with van der Waals surface area (Å²) in [5.41, 5.74) is 1.37. The predicted octanol–water partition coefficient (Wildman–Crippen LogP) is 4.43. The van der Waals surface area contributed by atoms with Crippen LogP contribution < -0.4 is 5.32 Å². The number of ether oxygens (including phenoxy) is 1. The van der Waals surface area contributed by atoms with E-state index in [1.165, 1.54) is 24.8 Å². The van der Waals surface area contributed by atoms with E-state index in [0.29, 0.717) is 6.04 Å². The van der Waals surface area contributed by atoms with Gasteiger partial charge in [0.25, 0.3) is 0 Å². The van der Waals surface area contributed by atoms with Crippen molar-refractivity contribution in [3.8, 4) is 0 Å². The summed E-state index contributed by atoms with van der Waals surface area (Å²) in [4.78, 5) is 0. The predicted molar refractivity (Wildman–Crippen MR) is 81.9 cm³/mol. The minimum absolute atomic E-state index is 0.0788. The summed E-state index contributed by atoms with van der Waals surface area (Å²) >= 11 is 7.18. The quantitative estimate of drug-likeness (QED) is 0.820. The average molecular weight is 377 g/mol. The van der Waals surface area contributed by atoms with Gasteiger partial charge in [-0.25, -0.2) is 0 Å². The van der Waals surface area contributed by atoms with Gasteiger partial charge >= 0.3 is 0 Å². The Balaban J connectivity index is 2.20. The van der Waals surface area contributed by atoms with Gasteiger partial charge in [-0.15, -0.1) is 0 Å². The van der Waals surface area contributed by atoms with Crippen LogP contribution in [-0.2, 0) is 4.74 Å². The molecule has 1 aliphatic rings. The maximum Gasteiger partial charge on any atom is 0.0697 e. The van der Waals surface area contributed by atoms with E-state index in [0.717, 1.165) is 15.4 Å². The van der Waals surface area contributed by atoms with Crippen molar-refractivity contribution in [2.45, 2.75) is 37.3 Å². The monoisotopic (exact) mass is 375 g/mol. The second kappa shape index (κ2) is 6.04. The lowest BCUT2D eigenvalue weighted by molar-refractivity contribution is -0.0834. The first-order valence-electron chi connectivity index (χ1n) is 6.27. The first kappa shape index (κ1) is 14.5. The van der Waals surface area contributed by atoms with Gasteiger partial charge in [-0.3, -0.25) is 0 Å². The van der Waals surface area contributed by atoms with Crippen molar-refractivity contribution in [3.63, 3.8) is 0 Å². The SMILES string of the molecule is CNC(CC1(OC)CCC1)c1cc(Br)ccc1Br. The minimum Gasteiger partial charge on any atom is -0.378 e. The first-order chi connectivity index (χ1) is 8.60. The van der Waals surface area contributed by atoms with Crippen molar-refractivity contribution in [2.75, 3.05) is 14.2 Å². The standard InChI is InChI=1S/C14H19Br2NO/c1-17-13(9-14(18-2)6-3-7-14)11-8-10(15)4-5-12(11)16/h4-5,8,13,17H,3,6-7,9H2,1-2H3. The van der Waals surface area contributed by atoms with Crippen LogP contribution in [0.3, 0.4) is 0 Å². The fraction of sp³-hybridized carbons (Fsp3) is 0.571. The van der Waals surface area contributed by atoms with Crippen LogP contribution in [0.1, 0.15) is 37.3 Å². The lowest BCUT2D eigenvalue weighted by atomic mass is 9.74. The summed E-state index contributed by atoms with van der Waals surface area (Å²) in [5, 5.41) is 3.41. The Bertz CT molecular complexity index is 413. The Hall–Kier alpha value is 0.1000. The number of methoxy groups -OCH3 is 1. The van der Waals surface area contributed by atoms with Crippen molar-refractivity contribution >= 4 is 31.9 Å². The normalized spacial score (nSPS) is 19.3. The molecular formula is C14H19Br2NO. The smallest absolute Gasteiger partial charge is 0.0697 e. The van der Waals surface area contributed by atoms with Crippen molar-refractivity contribution in [1.29, 1.82) is 0 Å². The van der Waals surface area contributed by atoms with E-state index in [4.69, 9.17) is 4.74 Å². The van der Waals surface area contributed by atoms with E-state index >= 15 is 0 Å². The van der Waals surface area contributed by atoms with Crippen molar-refractivity contribution in [3.05, 3.63) is 32.7 Å². The van der Waals surface area contributed by atoms with Gasteiger partial charge in [0.15, 0.2) is 0 Å². The van der Waals surface area contributed by atoms with Crippen LogP contribution in [0.5, 0.6) is 0 Å². The highest BCUT2D eigenvalue weighted by Gasteiger charge is 2.39.